The Balaban J connectivity index is 1.29. The van der Waals surface area contributed by atoms with Gasteiger partial charge in [-0.25, -0.2) is 4.98 Å². The van der Waals surface area contributed by atoms with Gasteiger partial charge in [0, 0.05) is 24.0 Å². The second-order valence-electron chi connectivity index (χ2n) is 8.24. The van der Waals surface area contributed by atoms with Crippen LogP contribution in [0.1, 0.15) is 18.4 Å². The van der Waals surface area contributed by atoms with Gasteiger partial charge in [0.25, 0.3) is 0 Å². The van der Waals surface area contributed by atoms with Gasteiger partial charge in [0.1, 0.15) is 11.4 Å². The molecule has 0 saturated carbocycles. The number of piperidine rings is 1. The van der Waals surface area contributed by atoms with Crippen LogP contribution >= 0.6 is 0 Å². The van der Waals surface area contributed by atoms with Crippen LogP contribution in [0.5, 0.6) is 0 Å². The minimum Gasteiger partial charge on any atom is -0.464 e. The number of nitrogens with one attached hydrogen (secondary N) is 1. The zero-order chi connectivity index (χ0) is 22.1. The molecule has 162 valence electrons. The lowest BCUT2D eigenvalue weighted by atomic mass is 9.97. The number of amides is 2. The lowest BCUT2D eigenvalue weighted by Crippen LogP contribution is -2.41. The van der Waals surface area contributed by atoms with Gasteiger partial charge in [0.2, 0.25) is 11.8 Å². The van der Waals surface area contributed by atoms with Crippen molar-refractivity contribution >= 4 is 45.1 Å². The predicted molar refractivity (Wildman–Crippen MR) is 124 cm³/mol. The Morgan fingerprint density at radius 2 is 2.03 bits per heavy atom. The third kappa shape index (κ3) is 3.89. The lowest BCUT2D eigenvalue weighted by Gasteiger charge is -2.32. The number of carbonyl (C=O) groups is 2. The molecule has 0 bridgehead atoms. The number of nitrogens with zero attached hydrogens (tertiary/aromatic N) is 2. The molecule has 2 aromatic heterocycles. The molecule has 1 unspecified atom stereocenters. The minimum absolute atomic E-state index is 0.137. The number of fused-ring (bicyclic) bond motifs is 3. The molecule has 7 heteroatoms. The van der Waals surface area contributed by atoms with Crippen LogP contribution in [0.4, 0.5) is 11.5 Å². The Hall–Kier alpha value is -3.87. The smallest absolute Gasteiger partial charge is 0.228 e. The van der Waals surface area contributed by atoms with Gasteiger partial charge in [0.05, 0.1) is 30.5 Å². The largest absolute Gasteiger partial charge is 0.464 e. The molecular formula is C25H24N4O3. The number of rotatable bonds is 5. The Morgan fingerprint density at radius 3 is 2.84 bits per heavy atom. The molecule has 1 atom stereocenters. The van der Waals surface area contributed by atoms with Gasteiger partial charge in [-0.05, 0) is 41.8 Å². The third-order valence-electron chi connectivity index (χ3n) is 6.07. The maximum absolute atomic E-state index is 12.7. The Labute approximate surface area is 185 Å². The zero-order valence-corrected chi connectivity index (χ0v) is 17.6. The van der Waals surface area contributed by atoms with Crippen LogP contribution in [0.2, 0.25) is 0 Å². The summed E-state index contributed by atoms with van der Waals surface area (Å²) in [6, 6.07) is 15.7. The SMILES string of the molecule is NC(=O)C1CCCN(c2ccc(NC(=O)Cc3coc4ccc5ccccc5c34)cn2)C1. The molecule has 3 heterocycles. The van der Waals surface area contributed by atoms with Gasteiger partial charge in [-0.2, -0.15) is 0 Å². The van der Waals surface area contributed by atoms with Crippen molar-refractivity contribution in [1.29, 1.82) is 0 Å². The fourth-order valence-electron chi connectivity index (χ4n) is 4.45. The maximum atomic E-state index is 12.7. The number of benzene rings is 2. The van der Waals surface area contributed by atoms with Gasteiger partial charge in [0.15, 0.2) is 0 Å². The first-order chi connectivity index (χ1) is 15.6. The molecule has 5 rings (SSSR count). The number of aromatic nitrogens is 1. The highest BCUT2D eigenvalue weighted by molar-refractivity contribution is 6.09. The highest BCUT2D eigenvalue weighted by atomic mass is 16.3. The fourth-order valence-corrected chi connectivity index (χ4v) is 4.45. The number of carbonyl (C=O) groups excluding carboxylic acids is 2. The number of primary amides is 1. The fraction of sp³-hybridized carbons (Fsp3) is 0.240. The summed E-state index contributed by atoms with van der Waals surface area (Å²) in [7, 11) is 0. The second-order valence-corrected chi connectivity index (χ2v) is 8.24. The van der Waals surface area contributed by atoms with Crippen molar-refractivity contribution in [3.8, 4) is 0 Å². The summed E-state index contributed by atoms with van der Waals surface area (Å²) >= 11 is 0. The molecule has 7 nitrogen and oxygen atoms in total. The van der Waals surface area contributed by atoms with E-state index in [0.29, 0.717) is 12.2 Å². The van der Waals surface area contributed by atoms with E-state index in [9.17, 15) is 9.59 Å². The highest BCUT2D eigenvalue weighted by Gasteiger charge is 2.24. The van der Waals surface area contributed by atoms with Crippen LogP contribution in [-0.4, -0.2) is 29.9 Å². The van der Waals surface area contributed by atoms with Crippen molar-refractivity contribution in [2.24, 2.45) is 11.7 Å². The molecule has 4 aromatic rings. The van der Waals surface area contributed by atoms with Crippen molar-refractivity contribution < 1.29 is 14.0 Å². The van der Waals surface area contributed by atoms with E-state index < -0.39 is 0 Å². The molecule has 3 N–H and O–H groups in total. The summed E-state index contributed by atoms with van der Waals surface area (Å²) in [6.07, 6.45) is 5.22. The first-order valence-corrected chi connectivity index (χ1v) is 10.8. The molecule has 32 heavy (non-hydrogen) atoms. The Kier molecular flexibility index (Phi) is 5.23. The standard InChI is InChI=1S/C25H24N4O3/c26-25(31)17-5-3-11-29(14-17)22-10-8-19(13-27-22)28-23(30)12-18-15-32-21-9-7-16-4-1-2-6-20(16)24(18)21/h1-2,4,6-10,13,15,17H,3,5,11-12,14H2,(H2,26,31)(H,28,30). The number of nitrogens with two attached hydrogens (primary N) is 1. The monoisotopic (exact) mass is 428 g/mol. The first kappa shape index (κ1) is 20.1. The van der Waals surface area contributed by atoms with E-state index in [1.165, 1.54) is 0 Å². The van der Waals surface area contributed by atoms with Crippen LogP contribution in [-0.2, 0) is 16.0 Å². The highest BCUT2D eigenvalue weighted by Crippen LogP contribution is 2.30. The molecule has 0 radical (unpaired) electrons. The van der Waals surface area contributed by atoms with E-state index in [1.54, 1.807) is 12.5 Å². The quantitative estimate of drug-likeness (QED) is 0.503. The average Bonchev–Trinajstić information content (AvgIpc) is 3.22. The molecule has 2 amide bonds. The normalized spacial score (nSPS) is 16.4. The van der Waals surface area contributed by atoms with Crippen LogP contribution in [0.3, 0.4) is 0 Å². The topological polar surface area (TPSA) is 101 Å². The summed E-state index contributed by atoms with van der Waals surface area (Å²) in [5.41, 5.74) is 7.71. The zero-order valence-electron chi connectivity index (χ0n) is 17.6. The molecule has 1 saturated heterocycles. The molecule has 0 aliphatic carbocycles. The Bertz CT molecular complexity index is 1300. The summed E-state index contributed by atoms with van der Waals surface area (Å²) in [4.78, 5) is 30.8. The van der Waals surface area contributed by atoms with E-state index in [1.807, 2.05) is 48.5 Å². The summed E-state index contributed by atoms with van der Waals surface area (Å²) < 4.78 is 5.69. The van der Waals surface area contributed by atoms with Gasteiger partial charge >= 0.3 is 0 Å². The maximum Gasteiger partial charge on any atom is 0.228 e. The number of furan rings is 1. The molecule has 0 spiro atoms. The molecule has 2 aromatic carbocycles. The van der Waals surface area contributed by atoms with Crippen molar-refractivity contribution in [3.05, 3.63) is 66.6 Å². The minimum atomic E-state index is -0.266. The van der Waals surface area contributed by atoms with E-state index >= 15 is 0 Å². The molecule has 1 aliphatic rings. The number of pyridine rings is 1. The van der Waals surface area contributed by atoms with E-state index in [0.717, 1.165) is 52.5 Å². The predicted octanol–water partition coefficient (Wildman–Crippen LogP) is 3.86. The van der Waals surface area contributed by atoms with Crippen molar-refractivity contribution in [2.45, 2.75) is 19.3 Å². The summed E-state index contributed by atoms with van der Waals surface area (Å²) in [6.45, 7) is 1.42. The van der Waals surface area contributed by atoms with Crippen molar-refractivity contribution in [1.82, 2.24) is 4.98 Å². The van der Waals surface area contributed by atoms with Crippen LogP contribution < -0.4 is 16.0 Å². The van der Waals surface area contributed by atoms with Gasteiger partial charge < -0.3 is 20.4 Å². The van der Waals surface area contributed by atoms with E-state index in [-0.39, 0.29) is 24.2 Å². The average molecular weight is 428 g/mol. The third-order valence-corrected chi connectivity index (χ3v) is 6.07. The van der Waals surface area contributed by atoms with Gasteiger partial charge in [-0.3, -0.25) is 9.59 Å². The summed E-state index contributed by atoms with van der Waals surface area (Å²) in [5.74, 6) is 0.229. The lowest BCUT2D eigenvalue weighted by molar-refractivity contribution is -0.122. The van der Waals surface area contributed by atoms with Crippen molar-refractivity contribution in [3.63, 3.8) is 0 Å². The molecular weight excluding hydrogens is 404 g/mol. The summed E-state index contributed by atoms with van der Waals surface area (Å²) in [5, 5.41) is 6.07. The van der Waals surface area contributed by atoms with E-state index in [2.05, 4.69) is 15.2 Å². The number of hydrogen-bond acceptors (Lipinski definition) is 5. The molecule has 1 aliphatic heterocycles. The molecule has 1 fully saturated rings. The van der Waals surface area contributed by atoms with Gasteiger partial charge in [-0.1, -0.05) is 30.3 Å². The van der Waals surface area contributed by atoms with E-state index in [4.69, 9.17) is 10.2 Å². The number of anilines is 2. The van der Waals surface area contributed by atoms with Gasteiger partial charge in [-0.15, -0.1) is 0 Å². The second kappa shape index (κ2) is 8.34. The Morgan fingerprint density at radius 1 is 1.16 bits per heavy atom. The van der Waals surface area contributed by atoms with Crippen molar-refractivity contribution in [2.75, 3.05) is 23.3 Å². The van der Waals surface area contributed by atoms with Crippen LogP contribution in [0.15, 0.2) is 65.4 Å². The van der Waals surface area contributed by atoms with Crippen LogP contribution in [0, 0.1) is 5.92 Å². The van der Waals surface area contributed by atoms with Crippen LogP contribution in [0.25, 0.3) is 21.7 Å². The number of hydrogen-bond donors (Lipinski definition) is 2. The first-order valence-electron chi connectivity index (χ1n) is 10.8.